The molecular weight excluding hydrogens is 363 g/mol. The van der Waals surface area contributed by atoms with Gasteiger partial charge in [0.15, 0.2) is 24.1 Å². The lowest BCUT2D eigenvalue weighted by Gasteiger charge is -2.15. The Bertz CT molecular complexity index is 774. The van der Waals surface area contributed by atoms with E-state index in [0.717, 1.165) is 11.3 Å². The van der Waals surface area contributed by atoms with Gasteiger partial charge in [-0.2, -0.15) is 18.3 Å². The Kier molecular flexibility index (Phi) is 6.91. The van der Waals surface area contributed by atoms with Crippen molar-refractivity contribution in [2.24, 2.45) is 12.0 Å². The Morgan fingerprint density at radius 2 is 1.93 bits per heavy atom. The van der Waals surface area contributed by atoms with Crippen LogP contribution in [0.2, 0.25) is 0 Å². The second-order valence-electron chi connectivity index (χ2n) is 5.61. The molecule has 0 bridgehead atoms. The molecule has 0 aliphatic heterocycles. The van der Waals surface area contributed by atoms with Gasteiger partial charge in [0.05, 0.1) is 19.3 Å². The van der Waals surface area contributed by atoms with Crippen LogP contribution in [0.5, 0.6) is 11.5 Å². The van der Waals surface area contributed by atoms with Crippen LogP contribution in [0.25, 0.3) is 0 Å². The van der Waals surface area contributed by atoms with Crippen LogP contribution in [0.15, 0.2) is 35.5 Å². The molecule has 1 aromatic heterocycles. The number of halogens is 3. The average Bonchev–Trinajstić information content (AvgIpc) is 3.04. The van der Waals surface area contributed by atoms with E-state index in [0.29, 0.717) is 19.0 Å². The molecule has 1 aromatic carbocycles. The topological polar surface area (TPSA) is 72.7 Å². The first kappa shape index (κ1) is 20.4. The summed E-state index contributed by atoms with van der Waals surface area (Å²) < 4.78 is 48.6. The van der Waals surface area contributed by atoms with Gasteiger partial charge in [0.2, 0.25) is 0 Å². The maximum atomic E-state index is 12.3. The van der Waals surface area contributed by atoms with Gasteiger partial charge in [0, 0.05) is 26.8 Å². The lowest BCUT2D eigenvalue weighted by Crippen LogP contribution is -2.36. The maximum Gasteiger partial charge on any atom is 0.422 e. The van der Waals surface area contributed by atoms with E-state index >= 15 is 0 Å². The zero-order chi connectivity index (χ0) is 19.9. The second kappa shape index (κ2) is 9.15. The summed E-state index contributed by atoms with van der Waals surface area (Å²) in [6.07, 6.45) is -2.70. The molecule has 2 N–H and O–H groups in total. The number of methoxy groups -OCH3 is 1. The van der Waals surface area contributed by atoms with Gasteiger partial charge in [0.1, 0.15) is 0 Å². The molecular formula is C17H22F3N5O2. The monoisotopic (exact) mass is 385 g/mol. The number of guanidine groups is 1. The Hall–Kier alpha value is -2.91. The van der Waals surface area contributed by atoms with Crippen LogP contribution in [0.4, 0.5) is 13.2 Å². The van der Waals surface area contributed by atoms with Crippen LogP contribution in [-0.4, -0.2) is 42.7 Å². The molecule has 0 unspecified atom stereocenters. The van der Waals surface area contributed by atoms with E-state index in [-0.39, 0.29) is 11.5 Å². The van der Waals surface area contributed by atoms with Gasteiger partial charge in [-0.1, -0.05) is 6.07 Å². The minimum Gasteiger partial charge on any atom is -0.493 e. The number of hydrogen-bond donors (Lipinski definition) is 2. The molecule has 2 rings (SSSR count). The molecule has 0 amide bonds. The molecule has 0 saturated carbocycles. The fourth-order valence-electron chi connectivity index (χ4n) is 2.26. The molecule has 0 saturated heterocycles. The van der Waals surface area contributed by atoms with Crippen LogP contribution >= 0.6 is 0 Å². The Morgan fingerprint density at radius 1 is 1.19 bits per heavy atom. The Balaban J connectivity index is 1.92. The summed E-state index contributed by atoms with van der Waals surface area (Å²) in [4.78, 5) is 4.13. The zero-order valence-corrected chi connectivity index (χ0v) is 15.3. The number of ether oxygens (including phenoxy) is 2. The molecule has 1 heterocycles. The molecule has 0 aliphatic carbocycles. The van der Waals surface area contributed by atoms with E-state index in [1.807, 2.05) is 13.1 Å². The van der Waals surface area contributed by atoms with Crippen molar-refractivity contribution in [3.8, 4) is 11.5 Å². The highest BCUT2D eigenvalue weighted by atomic mass is 19.4. The third-order valence-corrected chi connectivity index (χ3v) is 3.66. The van der Waals surface area contributed by atoms with E-state index in [2.05, 4.69) is 20.7 Å². The summed E-state index contributed by atoms with van der Waals surface area (Å²) in [7, 11) is 4.87. The van der Waals surface area contributed by atoms with Gasteiger partial charge < -0.3 is 20.1 Å². The summed E-state index contributed by atoms with van der Waals surface area (Å²) >= 11 is 0. The third-order valence-electron chi connectivity index (χ3n) is 3.66. The van der Waals surface area contributed by atoms with Crippen LogP contribution in [0.3, 0.4) is 0 Å². The maximum absolute atomic E-state index is 12.3. The number of alkyl halides is 3. The number of nitrogens with one attached hydrogen (secondary N) is 2. The lowest BCUT2D eigenvalue weighted by molar-refractivity contribution is -0.153. The quantitative estimate of drug-likeness (QED) is 0.565. The van der Waals surface area contributed by atoms with Gasteiger partial charge in [-0.15, -0.1) is 0 Å². The van der Waals surface area contributed by atoms with Crippen LogP contribution in [-0.2, 0) is 20.1 Å². The van der Waals surface area contributed by atoms with E-state index in [1.54, 1.807) is 30.1 Å². The van der Waals surface area contributed by atoms with Crippen molar-refractivity contribution in [1.82, 2.24) is 20.4 Å². The van der Waals surface area contributed by atoms with Gasteiger partial charge in [-0.3, -0.25) is 9.67 Å². The minimum atomic E-state index is -4.41. The number of hydrogen-bond acceptors (Lipinski definition) is 4. The largest absolute Gasteiger partial charge is 0.493 e. The first-order valence-corrected chi connectivity index (χ1v) is 8.10. The highest BCUT2D eigenvalue weighted by molar-refractivity contribution is 5.79. The van der Waals surface area contributed by atoms with Crippen molar-refractivity contribution >= 4 is 5.96 Å². The number of nitrogens with zero attached hydrogens (tertiary/aromatic N) is 3. The average molecular weight is 385 g/mol. The summed E-state index contributed by atoms with van der Waals surface area (Å²) in [5.41, 5.74) is 1.79. The number of aromatic nitrogens is 2. The fourth-order valence-corrected chi connectivity index (χ4v) is 2.26. The van der Waals surface area contributed by atoms with Gasteiger partial charge in [-0.05, 0) is 23.8 Å². The number of benzene rings is 1. The Morgan fingerprint density at radius 3 is 2.52 bits per heavy atom. The molecule has 148 valence electrons. The third kappa shape index (κ3) is 6.39. The number of rotatable bonds is 7. The molecule has 0 fully saturated rings. The molecule has 10 heteroatoms. The first-order chi connectivity index (χ1) is 12.8. The smallest absolute Gasteiger partial charge is 0.422 e. The van der Waals surface area contributed by atoms with Gasteiger partial charge >= 0.3 is 6.18 Å². The van der Waals surface area contributed by atoms with E-state index in [1.165, 1.54) is 13.2 Å². The first-order valence-electron chi connectivity index (χ1n) is 8.10. The predicted molar refractivity (Wildman–Crippen MR) is 94.8 cm³/mol. The van der Waals surface area contributed by atoms with Crippen LogP contribution < -0.4 is 20.1 Å². The van der Waals surface area contributed by atoms with Crippen molar-refractivity contribution in [1.29, 1.82) is 0 Å². The molecule has 2 aromatic rings. The SMILES string of the molecule is CN=C(NCc1ccc(OCC(F)(F)F)c(OC)c1)NCc1ccnn1C. The highest BCUT2D eigenvalue weighted by Gasteiger charge is 2.29. The van der Waals surface area contributed by atoms with Gasteiger partial charge in [0.25, 0.3) is 0 Å². The predicted octanol–water partition coefficient (Wildman–Crippen LogP) is 2.24. The van der Waals surface area contributed by atoms with E-state index in [9.17, 15) is 13.2 Å². The van der Waals surface area contributed by atoms with Crippen molar-refractivity contribution in [2.45, 2.75) is 19.3 Å². The summed E-state index contributed by atoms with van der Waals surface area (Å²) in [6.45, 7) is -0.420. The highest BCUT2D eigenvalue weighted by Crippen LogP contribution is 2.29. The Labute approximate surface area is 155 Å². The van der Waals surface area contributed by atoms with Gasteiger partial charge in [-0.25, -0.2) is 0 Å². The number of aliphatic imine (C=N–C) groups is 1. The summed E-state index contributed by atoms with van der Waals surface area (Å²) in [5, 5.41) is 10.4. The molecule has 0 radical (unpaired) electrons. The van der Waals surface area contributed by atoms with E-state index < -0.39 is 12.8 Å². The second-order valence-corrected chi connectivity index (χ2v) is 5.61. The number of aryl methyl sites for hydroxylation is 1. The lowest BCUT2D eigenvalue weighted by atomic mass is 10.2. The normalized spacial score (nSPS) is 12.0. The zero-order valence-electron chi connectivity index (χ0n) is 15.3. The van der Waals surface area contributed by atoms with Crippen LogP contribution in [0, 0.1) is 0 Å². The fraction of sp³-hybridized carbons (Fsp3) is 0.412. The van der Waals surface area contributed by atoms with Crippen molar-refractivity contribution in [2.75, 3.05) is 20.8 Å². The van der Waals surface area contributed by atoms with Crippen molar-refractivity contribution in [3.05, 3.63) is 41.7 Å². The summed E-state index contributed by atoms with van der Waals surface area (Å²) in [5.74, 6) is 0.848. The van der Waals surface area contributed by atoms with Crippen molar-refractivity contribution in [3.63, 3.8) is 0 Å². The summed E-state index contributed by atoms with van der Waals surface area (Å²) in [6, 6.07) is 6.63. The van der Waals surface area contributed by atoms with Crippen molar-refractivity contribution < 1.29 is 22.6 Å². The standard InChI is InChI=1S/C17H22F3N5O2/c1-21-16(23-10-13-6-7-24-25(13)2)22-9-12-4-5-14(15(8-12)26-3)27-11-17(18,19)20/h4-8H,9-11H2,1-3H3,(H2,21,22,23). The van der Waals surface area contributed by atoms with E-state index in [4.69, 9.17) is 9.47 Å². The molecule has 0 spiro atoms. The molecule has 0 atom stereocenters. The molecule has 0 aliphatic rings. The van der Waals surface area contributed by atoms with Crippen LogP contribution in [0.1, 0.15) is 11.3 Å². The molecule has 7 nitrogen and oxygen atoms in total. The molecule has 27 heavy (non-hydrogen) atoms. The minimum absolute atomic E-state index is 0.0392.